The summed E-state index contributed by atoms with van der Waals surface area (Å²) in [6, 6.07) is 8.36. The first kappa shape index (κ1) is 11.8. The number of rotatable bonds is 3. The summed E-state index contributed by atoms with van der Waals surface area (Å²) >= 11 is 0. The molecule has 0 atom stereocenters. The Kier molecular flexibility index (Phi) is 2.78. The normalized spacial score (nSPS) is 11.1. The van der Waals surface area contributed by atoms with Crippen LogP contribution in [0.1, 0.15) is 17.0 Å². The molecule has 4 heteroatoms. The van der Waals surface area contributed by atoms with Crippen LogP contribution >= 0.6 is 0 Å². The third kappa shape index (κ3) is 1.99. The number of nitrogens with one attached hydrogen (secondary N) is 2. The second kappa shape index (κ2) is 4.46. The number of para-hydroxylation sites is 1. The first-order valence-corrected chi connectivity index (χ1v) is 6.46. The van der Waals surface area contributed by atoms with Gasteiger partial charge in [0.1, 0.15) is 0 Å². The molecule has 0 spiro atoms. The van der Waals surface area contributed by atoms with Gasteiger partial charge in [-0.1, -0.05) is 18.2 Å². The second-order valence-corrected chi connectivity index (χ2v) is 4.88. The number of hydrogen-bond acceptors (Lipinski definition) is 2. The Hall–Kier alpha value is -2.23. The van der Waals surface area contributed by atoms with E-state index in [0.29, 0.717) is 0 Å². The van der Waals surface area contributed by atoms with Crippen molar-refractivity contribution in [3.8, 4) is 0 Å². The minimum absolute atomic E-state index is 0.803. The number of hydrogen-bond donors (Lipinski definition) is 2. The molecule has 0 aliphatic heterocycles. The Morgan fingerprint density at radius 3 is 2.79 bits per heavy atom. The highest BCUT2D eigenvalue weighted by Crippen LogP contribution is 2.22. The van der Waals surface area contributed by atoms with Gasteiger partial charge in [0.05, 0.1) is 17.1 Å². The molecule has 0 saturated carbocycles. The van der Waals surface area contributed by atoms with Gasteiger partial charge in [-0.3, -0.25) is 4.68 Å². The summed E-state index contributed by atoms with van der Waals surface area (Å²) < 4.78 is 1.91. The van der Waals surface area contributed by atoms with E-state index in [-0.39, 0.29) is 0 Å². The Morgan fingerprint density at radius 1 is 1.26 bits per heavy atom. The van der Waals surface area contributed by atoms with Crippen LogP contribution in [0.2, 0.25) is 0 Å². The topological polar surface area (TPSA) is 45.6 Å². The third-order valence-electron chi connectivity index (χ3n) is 3.64. The summed E-state index contributed by atoms with van der Waals surface area (Å²) in [5.74, 6) is 0. The van der Waals surface area contributed by atoms with Crippen molar-refractivity contribution in [1.29, 1.82) is 0 Å². The zero-order chi connectivity index (χ0) is 13.4. The van der Waals surface area contributed by atoms with Gasteiger partial charge in [-0.25, -0.2) is 0 Å². The van der Waals surface area contributed by atoms with Crippen molar-refractivity contribution in [2.24, 2.45) is 7.05 Å². The summed E-state index contributed by atoms with van der Waals surface area (Å²) in [7, 11) is 1.97. The summed E-state index contributed by atoms with van der Waals surface area (Å²) in [6.45, 7) is 4.92. The Morgan fingerprint density at radius 2 is 2.05 bits per heavy atom. The van der Waals surface area contributed by atoms with Crippen LogP contribution in [-0.2, 0) is 13.6 Å². The van der Waals surface area contributed by atoms with Crippen molar-refractivity contribution >= 4 is 16.6 Å². The molecular weight excluding hydrogens is 236 g/mol. The summed E-state index contributed by atoms with van der Waals surface area (Å²) in [5.41, 5.74) is 5.79. The smallest absolute Gasteiger partial charge is 0.0827 e. The molecule has 0 fully saturated rings. The van der Waals surface area contributed by atoms with E-state index in [4.69, 9.17) is 0 Å². The quantitative estimate of drug-likeness (QED) is 0.754. The number of fused-ring (bicyclic) bond motifs is 1. The third-order valence-corrected chi connectivity index (χ3v) is 3.64. The Labute approximate surface area is 112 Å². The Balaban J connectivity index is 1.86. The molecule has 0 amide bonds. The van der Waals surface area contributed by atoms with Crippen molar-refractivity contribution in [1.82, 2.24) is 14.8 Å². The van der Waals surface area contributed by atoms with E-state index in [1.807, 2.05) is 24.7 Å². The summed E-state index contributed by atoms with van der Waals surface area (Å²) in [5, 5.41) is 9.18. The van der Waals surface area contributed by atoms with E-state index in [0.717, 1.165) is 23.6 Å². The van der Waals surface area contributed by atoms with E-state index in [9.17, 15) is 0 Å². The monoisotopic (exact) mass is 254 g/mol. The molecule has 98 valence electrons. The fraction of sp³-hybridized carbons (Fsp3) is 0.267. The highest BCUT2D eigenvalue weighted by atomic mass is 15.3. The first-order valence-electron chi connectivity index (χ1n) is 6.46. The van der Waals surface area contributed by atoms with Crippen molar-refractivity contribution in [2.45, 2.75) is 20.4 Å². The number of aromatic nitrogens is 3. The van der Waals surface area contributed by atoms with Gasteiger partial charge in [0.25, 0.3) is 0 Å². The number of aryl methyl sites for hydroxylation is 2. The highest BCUT2D eigenvalue weighted by molar-refractivity contribution is 5.83. The molecule has 4 nitrogen and oxygen atoms in total. The van der Waals surface area contributed by atoms with Crippen LogP contribution in [0.4, 0.5) is 5.69 Å². The summed E-state index contributed by atoms with van der Waals surface area (Å²) in [6.07, 6.45) is 2.07. The predicted molar refractivity (Wildman–Crippen MR) is 78.3 cm³/mol. The average Bonchev–Trinajstić information content (AvgIpc) is 2.91. The van der Waals surface area contributed by atoms with Crippen LogP contribution in [0.25, 0.3) is 10.9 Å². The molecule has 3 rings (SSSR count). The van der Waals surface area contributed by atoms with E-state index in [1.54, 1.807) is 0 Å². The minimum atomic E-state index is 0.803. The predicted octanol–water partition coefficient (Wildman–Crippen LogP) is 3.13. The largest absolute Gasteiger partial charge is 0.378 e. The number of benzene rings is 1. The van der Waals surface area contributed by atoms with E-state index < -0.39 is 0 Å². The van der Waals surface area contributed by atoms with Gasteiger partial charge in [0.15, 0.2) is 0 Å². The van der Waals surface area contributed by atoms with Crippen molar-refractivity contribution in [3.05, 3.63) is 47.4 Å². The number of H-pyrrole nitrogens is 1. The molecule has 1 aromatic carbocycles. The summed E-state index contributed by atoms with van der Waals surface area (Å²) in [4.78, 5) is 3.30. The van der Waals surface area contributed by atoms with Crippen LogP contribution in [0, 0.1) is 13.8 Å². The average molecular weight is 254 g/mol. The van der Waals surface area contributed by atoms with Crippen molar-refractivity contribution in [2.75, 3.05) is 5.32 Å². The second-order valence-electron chi connectivity index (χ2n) is 4.88. The van der Waals surface area contributed by atoms with Gasteiger partial charge in [-0.05, 0) is 25.5 Å². The molecule has 2 heterocycles. The molecule has 19 heavy (non-hydrogen) atoms. The lowest BCUT2D eigenvalue weighted by atomic mass is 10.1. The van der Waals surface area contributed by atoms with Gasteiger partial charge in [-0.2, -0.15) is 5.10 Å². The molecule has 0 unspecified atom stereocenters. The maximum Gasteiger partial charge on any atom is 0.0827 e. The number of nitrogens with zero attached hydrogens (tertiary/aromatic N) is 2. The molecule has 0 aliphatic rings. The van der Waals surface area contributed by atoms with Crippen LogP contribution < -0.4 is 5.32 Å². The van der Waals surface area contributed by atoms with Gasteiger partial charge in [0, 0.05) is 30.7 Å². The fourth-order valence-electron chi connectivity index (χ4n) is 2.49. The fourth-order valence-corrected chi connectivity index (χ4v) is 2.49. The van der Waals surface area contributed by atoms with Crippen LogP contribution in [0.3, 0.4) is 0 Å². The molecule has 2 aromatic heterocycles. The van der Waals surface area contributed by atoms with Crippen LogP contribution in [0.5, 0.6) is 0 Å². The minimum Gasteiger partial charge on any atom is -0.378 e. The Bertz CT molecular complexity index is 721. The number of anilines is 1. The lowest BCUT2D eigenvalue weighted by molar-refractivity contribution is 0.731. The van der Waals surface area contributed by atoms with Gasteiger partial charge < -0.3 is 10.3 Å². The molecular formula is C15H18N4. The molecule has 0 saturated heterocycles. The highest BCUT2D eigenvalue weighted by Gasteiger charge is 2.09. The van der Waals surface area contributed by atoms with Crippen molar-refractivity contribution in [3.63, 3.8) is 0 Å². The maximum atomic E-state index is 4.42. The molecule has 0 bridgehead atoms. The van der Waals surface area contributed by atoms with Gasteiger partial charge in [-0.15, -0.1) is 0 Å². The van der Waals surface area contributed by atoms with Crippen molar-refractivity contribution < 1.29 is 0 Å². The van der Waals surface area contributed by atoms with E-state index in [1.165, 1.54) is 16.5 Å². The molecule has 0 radical (unpaired) electrons. The zero-order valence-electron chi connectivity index (χ0n) is 11.5. The standard InChI is InChI=1S/C15H18N4/c1-10-15(11(2)19(3)18-10)17-9-12-8-16-14-7-5-4-6-13(12)14/h4-8,16-17H,9H2,1-3H3. The van der Waals surface area contributed by atoms with Crippen LogP contribution in [-0.4, -0.2) is 14.8 Å². The van der Waals surface area contributed by atoms with E-state index >= 15 is 0 Å². The van der Waals surface area contributed by atoms with E-state index in [2.05, 4.69) is 46.7 Å². The number of aromatic amines is 1. The molecule has 0 aliphatic carbocycles. The first-order chi connectivity index (χ1) is 9.16. The lowest BCUT2D eigenvalue weighted by Gasteiger charge is -2.06. The zero-order valence-corrected chi connectivity index (χ0v) is 11.5. The molecule has 3 aromatic rings. The lowest BCUT2D eigenvalue weighted by Crippen LogP contribution is -2.01. The SMILES string of the molecule is Cc1nn(C)c(C)c1NCc1c[nH]c2ccccc12. The van der Waals surface area contributed by atoms with Gasteiger partial charge >= 0.3 is 0 Å². The van der Waals surface area contributed by atoms with Crippen LogP contribution in [0.15, 0.2) is 30.5 Å². The molecule has 2 N–H and O–H groups in total. The van der Waals surface area contributed by atoms with Gasteiger partial charge in [0.2, 0.25) is 0 Å². The maximum absolute atomic E-state index is 4.42.